The van der Waals surface area contributed by atoms with E-state index in [1.54, 1.807) is 12.4 Å². The predicted molar refractivity (Wildman–Crippen MR) is 78.4 cm³/mol. The molecule has 0 unspecified atom stereocenters. The first kappa shape index (κ1) is 11.0. The molecule has 4 aromatic rings. The Hall–Kier alpha value is -2.88. The summed E-state index contributed by atoms with van der Waals surface area (Å²) < 4.78 is 0. The van der Waals surface area contributed by atoms with Crippen LogP contribution in [0, 0.1) is 0 Å². The molecule has 0 bridgehead atoms. The van der Waals surface area contributed by atoms with Gasteiger partial charge in [-0.15, -0.1) is 0 Å². The number of aromatic amines is 2. The molecule has 2 aromatic heterocycles. The molecule has 4 rings (SSSR count). The van der Waals surface area contributed by atoms with Gasteiger partial charge in [0.1, 0.15) is 0 Å². The van der Waals surface area contributed by atoms with Gasteiger partial charge in [0.05, 0.1) is 0 Å². The van der Waals surface area contributed by atoms with Gasteiger partial charge >= 0.3 is 0 Å². The van der Waals surface area contributed by atoms with Crippen molar-refractivity contribution >= 4 is 45.2 Å². The fourth-order valence-electron chi connectivity index (χ4n) is 2.90. The summed E-state index contributed by atoms with van der Waals surface area (Å²) >= 11 is 0. The summed E-state index contributed by atoms with van der Waals surface area (Å²) in [5.41, 5.74) is 3.00. The summed E-state index contributed by atoms with van der Waals surface area (Å²) in [6, 6.07) is 7.88. The number of rotatable bonds is 2. The molecule has 0 amide bonds. The van der Waals surface area contributed by atoms with Crippen molar-refractivity contribution in [1.82, 2.24) is 9.97 Å². The first-order valence-corrected chi connectivity index (χ1v) is 6.27. The van der Waals surface area contributed by atoms with Crippen LogP contribution < -0.4 is 0 Å². The van der Waals surface area contributed by atoms with E-state index in [0.29, 0.717) is 11.1 Å². The number of benzene rings is 2. The second-order valence-corrected chi connectivity index (χ2v) is 4.80. The van der Waals surface area contributed by atoms with Crippen molar-refractivity contribution in [3.8, 4) is 0 Å². The third-order valence-electron chi connectivity index (χ3n) is 3.78. The molecular formula is C16H10N2O2. The van der Waals surface area contributed by atoms with Crippen LogP contribution in [0.15, 0.2) is 36.7 Å². The van der Waals surface area contributed by atoms with E-state index < -0.39 is 0 Å². The van der Waals surface area contributed by atoms with E-state index in [2.05, 4.69) is 9.97 Å². The molecule has 20 heavy (non-hydrogen) atoms. The smallest absolute Gasteiger partial charge is 0.152 e. The number of fused-ring (bicyclic) bond motifs is 5. The lowest BCUT2D eigenvalue weighted by Gasteiger charge is -2.04. The molecule has 0 atom stereocenters. The van der Waals surface area contributed by atoms with E-state index >= 15 is 0 Å². The maximum absolute atomic E-state index is 11.3. The Morgan fingerprint density at radius 1 is 0.700 bits per heavy atom. The van der Waals surface area contributed by atoms with Crippen LogP contribution in [-0.2, 0) is 0 Å². The number of hydrogen-bond donors (Lipinski definition) is 2. The number of nitrogens with one attached hydrogen (secondary N) is 2. The van der Waals surface area contributed by atoms with Crippen LogP contribution in [-0.4, -0.2) is 22.5 Å². The van der Waals surface area contributed by atoms with Crippen molar-refractivity contribution in [2.75, 3.05) is 0 Å². The highest BCUT2D eigenvalue weighted by atomic mass is 16.1. The molecule has 4 heteroatoms. The summed E-state index contributed by atoms with van der Waals surface area (Å²) in [6.07, 6.45) is 5.07. The first-order chi connectivity index (χ1) is 9.83. The minimum Gasteiger partial charge on any atom is -0.360 e. The number of hydrogen-bond acceptors (Lipinski definition) is 2. The van der Waals surface area contributed by atoms with E-state index in [0.717, 1.165) is 45.2 Å². The molecule has 0 saturated carbocycles. The number of carbonyl (C=O) groups excluding carboxylic acids is 2. The second kappa shape index (κ2) is 3.81. The van der Waals surface area contributed by atoms with Gasteiger partial charge in [0.25, 0.3) is 0 Å². The van der Waals surface area contributed by atoms with Crippen LogP contribution in [0.3, 0.4) is 0 Å². The van der Waals surface area contributed by atoms with E-state index in [9.17, 15) is 9.59 Å². The van der Waals surface area contributed by atoms with Gasteiger partial charge in [0.2, 0.25) is 0 Å². The van der Waals surface area contributed by atoms with Crippen molar-refractivity contribution < 1.29 is 9.59 Å². The van der Waals surface area contributed by atoms with Crippen molar-refractivity contribution in [2.45, 2.75) is 0 Å². The first-order valence-electron chi connectivity index (χ1n) is 6.27. The summed E-state index contributed by atoms with van der Waals surface area (Å²) in [4.78, 5) is 28.7. The van der Waals surface area contributed by atoms with Crippen LogP contribution in [0.5, 0.6) is 0 Å². The van der Waals surface area contributed by atoms with Crippen molar-refractivity contribution in [1.29, 1.82) is 0 Å². The Morgan fingerprint density at radius 3 is 1.65 bits per heavy atom. The normalized spacial score (nSPS) is 11.4. The fourth-order valence-corrected chi connectivity index (χ4v) is 2.90. The molecule has 96 valence electrons. The Labute approximate surface area is 113 Å². The lowest BCUT2D eigenvalue weighted by molar-refractivity contribution is 0.111. The number of aldehydes is 2. The van der Waals surface area contributed by atoms with E-state index in [1.165, 1.54) is 0 Å². The average Bonchev–Trinajstić information content (AvgIpc) is 3.10. The Bertz CT molecular complexity index is 915. The Kier molecular flexibility index (Phi) is 2.09. The van der Waals surface area contributed by atoms with E-state index in [4.69, 9.17) is 0 Å². The van der Waals surface area contributed by atoms with Gasteiger partial charge in [-0.3, -0.25) is 9.59 Å². The van der Waals surface area contributed by atoms with Crippen LogP contribution in [0.1, 0.15) is 20.7 Å². The van der Waals surface area contributed by atoms with Crippen LogP contribution in [0.25, 0.3) is 32.6 Å². The molecule has 2 heterocycles. The van der Waals surface area contributed by atoms with Gasteiger partial charge in [-0.2, -0.15) is 0 Å². The van der Waals surface area contributed by atoms with Gasteiger partial charge in [0, 0.05) is 50.7 Å². The van der Waals surface area contributed by atoms with Crippen LogP contribution >= 0.6 is 0 Å². The molecule has 0 aliphatic heterocycles. The number of aromatic nitrogens is 2. The lowest BCUT2D eigenvalue weighted by atomic mass is 9.99. The monoisotopic (exact) mass is 262 g/mol. The predicted octanol–water partition coefficient (Wildman–Crippen LogP) is 3.43. The Morgan fingerprint density at radius 2 is 1.20 bits per heavy atom. The highest BCUT2D eigenvalue weighted by Gasteiger charge is 2.13. The topological polar surface area (TPSA) is 65.7 Å². The minimum atomic E-state index is 0.608. The van der Waals surface area contributed by atoms with Gasteiger partial charge in [-0.25, -0.2) is 0 Å². The lowest BCUT2D eigenvalue weighted by Crippen LogP contribution is -1.83. The zero-order valence-corrected chi connectivity index (χ0v) is 10.4. The highest BCUT2D eigenvalue weighted by molar-refractivity contribution is 6.25. The SMILES string of the molecule is O=Cc1c[nH]c2ccc3ccc4[nH]cc(C=O)c4c3c12. The number of H-pyrrole nitrogens is 2. The summed E-state index contributed by atoms with van der Waals surface area (Å²) in [5, 5.41) is 3.68. The zero-order chi connectivity index (χ0) is 13.7. The van der Waals surface area contributed by atoms with Gasteiger partial charge in [-0.05, 0) is 17.5 Å². The van der Waals surface area contributed by atoms with Crippen molar-refractivity contribution in [3.05, 3.63) is 47.8 Å². The van der Waals surface area contributed by atoms with Gasteiger partial charge in [-0.1, -0.05) is 12.1 Å². The quantitative estimate of drug-likeness (QED) is 0.543. The van der Waals surface area contributed by atoms with Crippen LogP contribution in [0.2, 0.25) is 0 Å². The molecule has 4 nitrogen and oxygen atoms in total. The maximum atomic E-state index is 11.3. The highest BCUT2D eigenvalue weighted by Crippen LogP contribution is 2.34. The standard InChI is InChI=1S/C16H10N2O2/c19-7-10-5-17-12-3-1-9-2-4-13-15(16(9)14(10)12)11(8-20)6-18-13/h1-8,17-18H. The fraction of sp³-hybridized carbons (Fsp3) is 0. The van der Waals surface area contributed by atoms with Gasteiger partial charge in [0.15, 0.2) is 12.6 Å². The molecular weight excluding hydrogens is 252 g/mol. The molecule has 0 aliphatic carbocycles. The summed E-state index contributed by atoms with van der Waals surface area (Å²) in [6.45, 7) is 0. The van der Waals surface area contributed by atoms with Crippen molar-refractivity contribution in [3.63, 3.8) is 0 Å². The second-order valence-electron chi connectivity index (χ2n) is 4.80. The molecule has 0 saturated heterocycles. The summed E-state index contributed by atoms with van der Waals surface area (Å²) in [5.74, 6) is 0. The molecule has 2 aromatic carbocycles. The molecule has 0 spiro atoms. The molecule has 0 radical (unpaired) electrons. The number of carbonyl (C=O) groups is 2. The van der Waals surface area contributed by atoms with Crippen molar-refractivity contribution in [2.24, 2.45) is 0 Å². The third-order valence-corrected chi connectivity index (χ3v) is 3.78. The molecule has 2 N–H and O–H groups in total. The minimum absolute atomic E-state index is 0.608. The molecule has 0 aliphatic rings. The average molecular weight is 262 g/mol. The largest absolute Gasteiger partial charge is 0.360 e. The third kappa shape index (κ3) is 1.25. The van der Waals surface area contributed by atoms with Crippen LogP contribution in [0.4, 0.5) is 0 Å². The van der Waals surface area contributed by atoms with Gasteiger partial charge < -0.3 is 9.97 Å². The molecule has 0 fully saturated rings. The van der Waals surface area contributed by atoms with E-state index in [-0.39, 0.29) is 0 Å². The van der Waals surface area contributed by atoms with E-state index in [1.807, 2.05) is 24.3 Å². The summed E-state index contributed by atoms with van der Waals surface area (Å²) in [7, 11) is 0. The zero-order valence-electron chi connectivity index (χ0n) is 10.4. The Balaban J connectivity index is 2.40. The maximum Gasteiger partial charge on any atom is 0.152 e.